The third-order valence-corrected chi connectivity index (χ3v) is 5.58. The van der Waals surface area contributed by atoms with Crippen molar-refractivity contribution >= 4 is 11.6 Å². The molecule has 0 spiro atoms. The van der Waals surface area contributed by atoms with Crippen LogP contribution in [0.4, 0.5) is 0 Å². The second-order valence-electron chi connectivity index (χ2n) is 5.85. The van der Waals surface area contributed by atoms with Gasteiger partial charge in [0.2, 0.25) is 0 Å². The number of halogens is 1. The minimum absolute atomic E-state index is 0.0507. The average Bonchev–Trinajstić information content (AvgIpc) is 2.96. The van der Waals surface area contributed by atoms with Crippen molar-refractivity contribution in [2.45, 2.75) is 51.3 Å². The van der Waals surface area contributed by atoms with Gasteiger partial charge in [0.05, 0.1) is 19.6 Å². The molecule has 1 unspecified atom stereocenters. The van der Waals surface area contributed by atoms with Crippen molar-refractivity contribution in [2.75, 3.05) is 14.2 Å². The van der Waals surface area contributed by atoms with Crippen molar-refractivity contribution < 1.29 is 9.47 Å². The van der Waals surface area contributed by atoms with Crippen LogP contribution in [-0.2, 0) is 0 Å². The van der Waals surface area contributed by atoms with Crippen LogP contribution in [0.1, 0.15) is 55.5 Å². The summed E-state index contributed by atoms with van der Waals surface area (Å²) < 4.78 is 10.8. The van der Waals surface area contributed by atoms with Crippen molar-refractivity contribution in [3.63, 3.8) is 0 Å². The molecule has 1 aliphatic rings. The lowest BCUT2D eigenvalue weighted by molar-refractivity contribution is 0.269. The summed E-state index contributed by atoms with van der Waals surface area (Å²) in [4.78, 5) is 0. The Balaban J connectivity index is 2.41. The molecule has 112 valence electrons. The molecule has 1 aliphatic carbocycles. The Hall–Kier alpha value is -0.890. The van der Waals surface area contributed by atoms with Crippen molar-refractivity contribution in [1.29, 1.82) is 0 Å². The van der Waals surface area contributed by atoms with E-state index in [2.05, 4.69) is 19.9 Å². The van der Waals surface area contributed by atoms with Gasteiger partial charge in [-0.1, -0.05) is 19.8 Å². The second-order valence-corrected chi connectivity index (χ2v) is 6.29. The first-order valence-electron chi connectivity index (χ1n) is 7.44. The minimum Gasteiger partial charge on any atom is -0.493 e. The van der Waals surface area contributed by atoms with Crippen molar-refractivity contribution in [3.05, 3.63) is 23.3 Å². The first kappa shape index (κ1) is 15.5. The molecule has 0 bridgehead atoms. The van der Waals surface area contributed by atoms with Crippen LogP contribution in [0, 0.1) is 12.3 Å². The molecule has 0 N–H and O–H groups in total. The van der Waals surface area contributed by atoms with Crippen LogP contribution in [0.5, 0.6) is 11.5 Å². The monoisotopic (exact) mass is 296 g/mol. The van der Waals surface area contributed by atoms with Crippen LogP contribution in [0.15, 0.2) is 12.1 Å². The van der Waals surface area contributed by atoms with Gasteiger partial charge in [-0.05, 0) is 54.9 Å². The van der Waals surface area contributed by atoms with Crippen molar-refractivity contribution in [2.24, 2.45) is 5.41 Å². The lowest BCUT2D eigenvalue weighted by Gasteiger charge is -2.34. The Bertz CT molecular complexity index is 464. The number of benzene rings is 1. The van der Waals surface area contributed by atoms with E-state index in [1.807, 2.05) is 6.07 Å². The van der Waals surface area contributed by atoms with Gasteiger partial charge >= 0.3 is 0 Å². The van der Waals surface area contributed by atoms with Crippen LogP contribution in [0.3, 0.4) is 0 Å². The zero-order valence-corrected chi connectivity index (χ0v) is 13.7. The maximum absolute atomic E-state index is 6.90. The summed E-state index contributed by atoms with van der Waals surface area (Å²) in [5.74, 6) is 1.54. The van der Waals surface area contributed by atoms with Crippen molar-refractivity contribution in [1.82, 2.24) is 0 Å². The first-order valence-corrected chi connectivity index (χ1v) is 7.88. The molecular formula is C17H25ClO2. The van der Waals surface area contributed by atoms with E-state index in [4.69, 9.17) is 21.1 Å². The Morgan fingerprint density at radius 3 is 2.20 bits per heavy atom. The van der Waals surface area contributed by atoms with E-state index < -0.39 is 0 Å². The van der Waals surface area contributed by atoms with E-state index in [9.17, 15) is 0 Å². The summed E-state index contributed by atoms with van der Waals surface area (Å²) in [6.07, 6.45) is 6.18. The van der Waals surface area contributed by atoms with Gasteiger partial charge in [-0.15, -0.1) is 11.6 Å². The zero-order chi connectivity index (χ0) is 14.8. The van der Waals surface area contributed by atoms with Crippen LogP contribution < -0.4 is 9.47 Å². The smallest absolute Gasteiger partial charge is 0.161 e. The summed E-state index contributed by atoms with van der Waals surface area (Å²) >= 11 is 6.90. The number of methoxy groups -OCH3 is 2. The molecule has 20 heavy (non-hydrogen) atoms. The molecule has 2 nitrogen and oxygen atoms in total. The fraction of sp³-hybridized carbons (Fsp3) is 0.647. The molecular weight excluding hydrogens is 272 g/mol. The van der Waals surface area contributed by atoms with Gasteiger partial charge in [-0.25, -0.2) is 0 Å². The molecule has 1 atom stereocenters. The van der Waals surface area contributed by atoms with Gasteiger partial charge in [-0.2, -0.15) is 0 Å². The third-order valence-electron chi connectivity index (χ3n) is 4.89. The number of aryl methyl sites for hydroxylation is 1. The normalized spacial score (nSPS) is 18.9. The first-order chi connectivity index (χ1) is 9.57. The molecule has 0 saturated heterocycles. The summed E-state index contributed by atoms with van der Waals surface area (Å²) in [7, 11) is 3.34. The second kappa shape index (κ2) is 6.26. The van der Waals surface area contributed by atoms with Crippen LogP contribution >= 0.6 is 11.6 Å². The largest absolute Gasteiger partial charge is 0.493 e. The highest BCUT2D eigenvalue weighted by atomic mass is 35.5. The van der Waals surface area contributed by atoms with Gasteiger partial charge < -0.3 is 9.47 Å². The van der Waals surface area contributed by atoms with Crippen LogP contribution in [0.2, 0.25) is 0 Å². The molecule has 0 aliphatic heterocycles. The maximum atomic E-state index is 6.90. The molecule has 3 heteroatoms. The minimum atomic E-state index is 0.0507. The third kappa shape index (κ3) is 2.63. The number of rotatable bonds is 5. The predicted octanol–water partition coefficient (Wildman–Crippen LogP) is 5.26. The molecule has 0 amide bonds. The van der Waals surface area contributed by atoms with Crippen LogP contribution in [0.25, 0.3) is 0 Å². The quantitative estimate of drug-likeness (QED) is 0.690. The lowest BCUT2D eigenvalue weighted by atomic mass is 9.76. The van der Waals surface area contributed by atoms with Crippen LogP contribution in [-0.4, -0.2) is 14.2 Å². The fourth-order valence-corrected chi connectivity index (χ4v) is 4.07. The Kier molecular flexibility index (Phi) is 4.85. The molecule has 0 heterocycles. The number of hydrogen-bond acceptors (Lipinski definition) is 2. The van der Waals surface area contributed by atoms with Gasteiger partial charge in [0.1, 0.15) is 0 Å². The highest BCUT2D eigenvalue weighted by Crippen LogP contribution is 2.54. The standard InChI is InChI=1S/C17H25ClO2/c1-5-17(8-6-7-9-17)16(18)13-11-15(20-4)14(19-3)10-12(13)2/h10-11,16H,5-9H2,1-4H3. The Labute approximate surface area is 127 Å². The molecule has 0 aromatic heterocycles. The molecule has 0 radical (unpaired) electrons. The molecule has 1 aromatic rings. The predicted molar refractivity (Wildman–Crippen MR) is 84.1 cm³/mol. The van der Waals surface area contributed by atoms with Gasteiger partial charge in [0, 0.05) is 0 Å². The van der Waals surface area contributed by atoms with Gasteiger partial charge in [0.15, 0.2) is 11.5 Å². The molecule has 1 aromatic carbocycles. The van der Waals surface area contributed by atoms with E-state index >= 15 is 0 Å². The summed E-state index contributed by atoms with van der Waals surface area (Å²) in [6, 6.07) is 4.09. The Morgan fingerprint density at radius 2 is 1.70 bits per heavy atom. The van der Waals surface area contributed by atoms with E-state index in [1.165, 1.54) is 36.8 Å². The van der Waals surface area contributed by atoms with Gasteiger partial charge in [-0.3, -0.25) is 0 Å². The number of alkyl halides is 1. The van der Waals surface area contributed by atoms with E-state index in [0.29, 0.717) is 0 Å². The van der Waals surface area contributed by atoms with E-state index in [-0.39, 0.29) is 10.8 Å². The highest BCUT2D eigenvalue weighted by Gasteiger charge is 2.40. The molecule has 1 fully saturated rings. The summed E-state index contributed by atoms with van der Waals surface area (Å²) in [5.41, 5.74) is 2.61. The SMILES string of the molecule is CCC1(C(Cl)c2cc(OC)c(OC)cc2C)CCCC1. The lowest BCUT2D eigenvalue weighted by Crippen LogP contribution is -2.22. The average molecular weight is 297 g/mol. The van der Waals surface area contributed by atoms with E-state index in [1.54, 1.807) is 14.2 Å². The van der Waals surface area contributed by atoms with Gasteiger partial charge in [0.25, 0.3) is 0 Å². The topological polar surface area (TPSA) is 18.5 Å². The van der Waals surface area contributed by atoms with E-state index in [0.717, 1.165) is 17.9 Å². The zero-order valence-electron chi connectivity index (χ0n) is 13.0. The highest BCUT2D eigenvalue weighted by molar-refractivity contribution is 6.21. The molecule has 1 saturated carbocycles. The summed E-state index contributed by atoms with van der Waals surface area (Å²) in [6.45, 7) is 4.36. The fourth-order valence-electron chi connectivity index (χ4n) is 3.46. The molecule has 2 rings (SSSR count). The number of hydrogen-bond donors (Lipinski definition) is 0. The maximum Gasteiger partial charge on any atom is 0.161 e. The number of ether oxygens (including phenoxy) is 2. The summed E-state index contributed by atoms with van der Waals surface area (Å²) in [5, 5.41) is 0.0507. The Morgan fingerprint density at radius 1 is 1.15 bits per heavy atom. The van der Waals surface area contributed by atoms with Crippen molar-refractivity contribution in [3.8, 4) is 11.5 Å².